The van der Waals surface area contributed by atoms with E-state index in [-0.39, 0.29) is 0 Å². The van der Waals surface area contributed by atoms with E-state index in [2.05, 4.69) is 25.9 Å². The highest BCUT2D eigenvalue weighted by atomic mass is 15.2. The van der Waals surface area contributed by atoms with Crippen molar-refractivity contribution in [2.24, 2.45) is 11.8 Å². The molecule has 0 radical (unpaired) electrons. The molecular weight excluding hydrogens is 100 g/mol. The first-order chi connectivity index (χ1) is 3.68. The highest BCUT2D eigenvalue weighted by Crippen LogP contribution is 2.02. The SMILES string of the molecule is C=C(CNN)C(C)C. The van der Waals surface area contributed by atoms with Gasteiger partial charge in [0.1, 0.15) is 0 Å². The van der Waals surface area contributed by atoms with E-state index >= 15 is 0 Å². The Morgan fingerprint density at radius 3 is 2.38 bits per heavy atom. The maximum atomic E-state index is 5.06. The van der Waals surface area contributed by atoms with Gasteiger partial charge in [-0.05, 0) is 5.92 Å². The molecule has 0 spiro atoms. The fraction of sp³-hybridized carbons (Fsp3) is 0.667. The first kappa shape index (κ1) is 7.66. The Hall–Kier alpha value is -0.340. The average molecular weight is 114 g/mol. The summed E-state index contributed by atoms with van der Waals surface area (Å²) in [6, 6.07) is 0. The van der Waals surface area contributed by atoms with Gasteiger partial charge in [-0.3, -0.25) is 11.3 Å². The summed E-state index contributed by atoms with van der Waals surface area (Å²) in [6.45, 7) is 8.72. The summed E-state index contributed by atoms with van der Waals surface area (Å²) < 4.78 is 0. The van der Waals surface area contributed by atoms with E-state index < -0.39 is 0 Å². The highest BCUT2D eigenvalue weighted by molar-refractivity contribution is 4.98. The molecule has 0 bridgehead atoms. The van der Waals surface area contributed by atoms with Gasteiger partial charge in [0.25, 0.3) is 0 Å². The van der Waals surface area contributed by atoms with Crippen LogP contribution in [0.3, 0.4) is 0 Å². The van der Waals surface area contributed by atoms with Crippen molar-refractivity contribution >= 4 is 0 Å². The Balaban J connectivity index is 3.33. The standard InChI is InChI=1S/C6H14N2/c1-5(2)6(3)4-8-7/h5,8H,3-4,7H2,1-2H3. The molecular formula is C6H14N2. The minimum absolute atomic E-state index is 0.533. The molecule has 0 saturated carbocycles. The largest absolute Gasteiger partial charge is 0.271 e. The predicted octanol–water partition coefficient (Wildman–Crippen LogP) is 0.662. The van der Waals surface area contributed by atoms with Crippen molar-refractivity contribution in [2.45, 2.75) is 13.8 Å². The van der Waals surface area contributed by atoms with Crippen LogP contribution in [0.4, 0.5) is 0 Å². The lowest BCUT2D eigenvalue weighted by atomic mass is 10.1. The number of hydrogen-bond donors (Lipinski definition) is 2. The number of hydrogen-bond acceptors (Lipinski definition) is 2. The van der Waals surface area contributed by atoms with E-state index in [1.807, 2.05) is 0 Å². The fourth-order valence-electron chi connectivity index (χ4n) is 0.335. The van der Waals surface area contributed by atoms with Crippen molar-refractivity contribution in [1.82, 2.24) is 5.43 Å². The zero-order valence-corrected chi connectivity index (χ0v) is 5.57. The molecule has 0 heterocycles. The zero-order chi connectivity index (χ0) is 6.57. The van der Waals surface area contributed by atoms with Crippen molar-refractivity contribution in [1.29, 1.82) is 0 Å². The number of nitrogens with two attached hydrogens (primary N) is 1. The minimum Gasteiger partial charge on any atom is -0.271 e. The monoisotopic (exact) mass is 114 g/mol. The van der Waals surface area contributed by atoms with Gasteiger partial charge in [0.2, 0.25) is 0 Å². The summed E-state index contributed by atoms with van der Waals surface area (Å²) in [6.07, 6.45) is 0. The van der Waals surface area contributed by atoms with E-state index in [4.69, 9.17) is 5.84 Å². The lowest BCUT2D eigenvalue weighted by molar-refractivity contribution is 0.685. The van der Waals surface area contributed by atoms with Crippen LogP contribution in [0, 0.1) is 5.92 Å². The summed E-state index contributed by atoms with van der Waals surface area (Å²) in [4.78, 5) is 0. The Kier molecular flexibility index (Phi) is 3.48. The van der Waals surface area contributed by atoms with Crippen LogP contribution < -0.4 is 11.3 Å². The molecule has 0 aromatic carbocycles. The summed E-state index contributed by atoms with van der Waals surface area (Å²) in [7, 11) is 0. The van der Waals surface area contributed by atoms with Gasteiger partial charge < -0.3 is 0 Å². The Labute approximate surface area is 50.7 Å². The van der Waals surface area contributed by atoms with E-state index in [1.54, 1.807) is 0 Å². The first-order valence-corrected chi connectivity index (χ1v) is 2.79. The van der Waals surface area contributed by atoms with Crippen LogP contribution in [0.15, 0.2) is 12.2 Å². The molecule has 0 saturated heterocycles. The van der Waals surface area contributed by atoms with Crippen LogP contribution in [0.5, 0.6) is 0 Å². The van der Waals surface area contributed by atoms with Gasteiger partial charge in [-0.2, -0.15) is 0 Å². The summed E-state index contributed by atoms with van der Waals surface area (Å²) in [5, 5.41) is 0. The lowest BCUT2D eigenvalue weighted by Gasteiger charge is -2.06. The van der Waals surface area contributed by atoms with Gasteiger partial charge in [0, 0.05) is 6.54 Å². The van der Waals surface area contributed by atoms with Crippen molar-refractivity contribution < 1.29 is 0 Å². The second-order valence-electron chi connectivity index (χ2n) is 2.19. The molecule has 3 N–H and O–H groups in total. The zero-order valence-electron chi connectivity index (χ0n) is 5.57. The summed E-state index contributed by atoms with van der Waals surface area (Å²) in [5.41, 5.74) is 3.70. The van der Waals surface area contributed by atoms with Crippen molar-refractivity contribution in [2.75, 3.05) is 6.54 Å². The average Bonchev–Trinajstić information content (AvgIpc) is 1.67. The molecule has 0 aliphatic carbocycles. The summed E-state index contributed by atoms with van der Waals surface area (Å²) >= 11 is 0. The van der Waals surface area contributed by atoms with Gasteiger partial charge in [0.15, 0.2) is 0 Å². The predicted molar refractivity (Wildman–Crippen MR) is 36.2 cm³/mol. The van der Waals surface area contributed by atoms with Gasteiger partial charge in [-0.25, -0.2) is 0 Å². The normalized spacial score (nSPS) is 10.0. The van der Waals surface area contributed by atoms with Crippen LogP contribution >= 0.6 is 0 Å². The molecule has 0 rings (SSSR count). The molecule has 0 aliphatic heterocycles. The van der Waals surface area contributed by atoms with Crippen LogP contribution in [-0.2, 0) is 0 Å². The topological polar surface area (TPSA) is 38.0 Å². The third-order valence-corrected chi connectivity index (χ3v) is 1.15. The smallest absolute Gasteiger partial charge is 0.0307 e. The van der Waals surface area contributed by atoms with Crippen LogP contribution in [0.1, 0.15) is 13.8 Å². The molecule has 0 aromatic rings. The molecule has 0 aromatic heterocycles. The molecule has 8 heavy (non-hydrogen) atoms. The van der Waals surface area contributed by atoms with Crippen LogP contribution in [-0.4, -0.2) is 6.54 Å². The lowest BCUT2D eigenvalue weighted by Crippen LogP contribution is -2.25. The molecule has 48 valence electrons. The van der Waals surface area contributed by atoms with Gasteiger partial charge in [-0.15, -0.1) is 0 Å². The molecule has 0 unspecified atom stereocenters. The quantitative estimate of drug-likeness (QED) is 0.321. The van der Waals surface area contributed by atoms with Gasteiger partial charge >= 0.3 is 0 Å². The minimum atomic E-state index is 0.533. The van der Waals surface area contributed by atoms with E-state index in [9.17, 15) is 0 Å². The second-order valence-corrected chi connectivity index (χ2v) is 2.19. The van der Waals surface area contributed by atoms with Crippen molar-refractivity contribution in [3.63, 3.8) is 0 Å². The summed E-state index contributed by atoms with van der Waals surface area (Å²) in [5.74, 6) is 5.59. The third kappa shape index (κ3) is 2.77. The number of nitrogens with one attached hydrogen (secondary N) is 1. The van der Waals surface area contributed by atoms with E-state index in [0.29, 0.717) is 5.92 Å². The Bertz CT molecular complexity index is 76.6. The maximum absolute atomic E-state index is 5.06. The maximum Gasteiger partial charge on any atom is 0.0307 e. The Morgan fingerprint density at radius 2 is 2.25 bits per heavy atom. The molecule has 0 amide bonds. The first-order valence-electron chi connectivity index (χ1n) is 2.79. The highest BCUT2D eigenvalue weighted by Gasteiger charge is 1.95. The van der Waals surface area contributed by atoms with Gasteiger partial charge in [-0.1, -0.05) is 26.0 Å². The van der Waals surface area contributed by atoms with Gasteiger partial charge in [0.05, 0.1) is 0 Å². The number of hydrazine groups is 1. The van der Waals surface area contributed by atoms with Crippen molar-refractivity contribution in [3.8, 4) is 0 Å². The molecule has 0 atom stereocenters. The fourth-order valence-corrected chi connectivity index (χ4v) is 0.335. The molecule has 0 aliphatic rings. The number of rotatable bonds is 3. The third-order valence-electron chi connectivity index (χ3n) is 1.15. The molecule has 0 fully saturated rings. The van der Waals surface area contributed by atoms with E-state index in [1.165, 1.54) is 0 Å². The van der Waals surface area contributed by atoms with Crippen molar-refractivity contribution in [3.05, 3.63) is 12.2 Å². The molecule has 2 nitrogen and oxygen atoms in total. The molecule has 2 heteroatoms. The Morgan fingerprint density at radius 1 is 1.75 bits per heavy atom. The second kappa shape index (κ2) is 3.64. The van der Waals surface area contributed by atoms with E-state index in [0.717, 1.165) is 12.1 Å². The van der Waals surface area contributed by atoms with Crippen LogP contribution in [0.25, 0.3) is 0 Å². The van der Waals surface area contributed by atoms with Crippen LogP contribution in [0.2, 0.25) is 0 Å².